The van der Waals surface area contributed by atoms with Crippen molar-refractivity contribution in [3.63, 3.8) is 0 Å². The van der Waals surface area contributed by atoms with Gasteiger partial charge in [-0.05, 0) is 117 Å². The quantitative estimate of drug-likeness (QED) is 0.162. The Hall–Kier alpha value is -7.42. The Balaban J connectivity index is 1.21. The maximum Gasteiger partial charge on any atom is 0.0645 e. The summed E-state index contributed by atoms with van der Waals surface area (Å²) < 4.78 is 34.0. The summed E-state index contributed by atoms with van der Waals surface area (Å²) in [5.41, 5.74) is 13.0. The van der Waals surface area contributed by atoms with Gasteiger partial charge in [0.25, 0.3) is 0 Å². The standard InChI is InChI=1S/C54H36N2/c1-5-15-37(16-6-1)40-25-28-53-49(34-40)50-36-42(41-26-29-52-48(35-41)47-23-13-14-24-51(47)55(52)45-21-11-4-12-22-45)27-30-54(50)56(53)46-32-43(38-17-7-2-8-18-38)31-44(33-46)39-19-9-3-10-20-39/h1-36H/i27D,30D,36D. The van der Waals surface area contributed by atoms with Crippen molar-refractivity contribution in [3.05, 3.63) is 218 Å². The zero-order chi connectivity index (χ0) is 39.6. The van der Waals surface area contributed by atoms with Gasteiger partial charge >= 0.3 is 0 Å². The Morgan fingerprint density at radius 3 is 1.34 bits per heavy atom. The lowest BCUT2D eigenvalue weighted by Gasteiger charge is -2.14. The molecule has 0 aliphatic heterocycles. The monoisotopic (exact) mass is 715 g/mol. The molecule has 0 saturated carbocycles. The minimum Gasteiger partial charge on any atom is -0.309 e. The Morgan fingerprint density at radius 2 is 0.732 bits per heavy atom. The van der Waals surface area contributed by atoms with Crippen LogP contribution in [0.5, 0.6) is 0 Å². The molecule has 2 heteroatoms. The van der Waals surface area contributed by atoms with Gasteiger partial charge in [-0.3, -0.25) is 0 Å². The molecule has 11 rings (SSSR count). The fraction of sp³-hybridized carbons (Fsp3) is 0. The summed E-state index contributed by atoms with van der Waals surface area (Å²) >= 11 is 0. The van der Waals surface area contributed by atoms with Crippen LogP contribution in [0, 0.1) is 0 Å². The van der Waals surface area contributed by atoms with E-state index in [4.69, 9.17) is 0 Å². The van der Waals surface area contributed by atoms with Gasteiger partial charge in [0.1, 0.15) is 0 Å². The smallest absolute Gasteiger partial charge is 0.0645 e. The Kier molecular flexibility index (Phi) is 6.81. The van der Waals surface area contributed by atoms with E-state index in [-0.39, 0.29) is 18.1 Å². The fourth-order valence-electron chi connectivity index (χ4n) is 8.36. The molecule has 0 atom stereocenters. The number of para-hydroxylation sites is 2. The van der Waals surface area contributed by atoms with E-state index in [0.29, 0.717) is 16.5 Å². The van der Waals surface area contributed by atoms with Crippen molar-refractivity contribution < 1.29 is 4.11 Å². The average Bonchev–Trinajstić information content (AvgIpc) is 3.82. The maximum atomic E-state index is 10.1. The summed E-state index contributed by atoms with van der Waals surface area (Å²) in [6.07, 6.45) is 0. The van der Waals surface area contributed by atoms with Crippen LogP contribution in [0.3, 0.4) is 0 Å². The molecule has 2 aromatic heterocycles. The zero-order valence-corrected chi connectivity index (χ0v) is 30.4. The molecule has 11 aromatic rings. The van der Waals surface area contributed by atoms with Crippen molar-refractivity contribution in [2.45, 2.75) is 0 Å². The van der Waals surface area contributed by atoms with Gasteiger partial charge in [0.05, 0.1) is 26.2 Å². The summed E-state index contributed by atoms with van der Waals surface area (Å²) in [6, 6.07) is 69.3. The molecule has 0 radical (unpaired) electrons. The van der Waals surface area contributed by atoms with E-state index in [1.807, 2.05) is 54.6 Å². The third kappa shape index (κ3) is 5.34. The van der Waals surface area contributed by atoms with Crippen molar-refractivity contribution in [2.75, 3.05) is 0 Å². The second kappa shape index (κ2) is 13.2. The average molecular weight is 716 g/mol. The molecule has 0 aliphatic carbocycles. The first kappa shape index (κ1) is 29.0. The van der Waals surface area contributed by atoms with Gasteiger partial charge in [-0.25, -0.2) is 0 Å². The van der Waals surface area contributed by atoms with Gasteiger partial charge in [0, 0.05) is 32.9 Å². The molecule has 2 heterocycles. The molecule has 2 nitrogen and oxygen atoms in total. The third-order valence-corrected chi connectivity index (χ3v) is 11.0. The third-order valence-electron chi connectivity index (χ3n) is 11.0. The molecule has 0 spiro atoms. The molecule has 56 heavy (non-hydrogen) atoms. The van der Waals surface area contributed by atoms with Gasteiger partial charge < -0.3 is 9.13 Å². The van der Waals surface area contributed by atoms with E-state index in [1.54, 1.807) is 0 Å². The van der Waals surface area contributed by atoms with Crippen LogP contribution in [-0.4, -0.2) is 9.13 Å². The second-order valence-electron chi connectivity index (χ2n) is 14.3. The summed E-state index contributed by atoms with van der Waals surface area (Å²) in [7, 11) is 0. The lowest BCUT2D eigenvalue weighted by Crippen LogP contribution is -1.96. The van der Waals surface area contributed by atoms with Crippen LogP contribution in [0.1, 0.15) is 4.11 Å². The van der Waals surface area contributed by atoms with Crippen LogP contribution in [0.25, 0.3) is 99.5 Å². The summed E-state index contributed by atoms with van der Waals surface area (Å²) in [4.78, 5) is 0. The number of fused-ring (bicyclic) bond motifs is 6. The molecule has 9 aromatic carbocycles. The summed E-state index contributed by atoms with van der Waals surface area (Å²) in [5, 5.41) is 3.66. The number of nitrogens with zero attached hydrogens (tertiary/aromatic N) is 2. The molecule has 0 N–H and O–H groups in total. The number of hydrogen-bond donors (Lipinski definition) is 0. The minimum absolute atomic E-state index is 0.0310. The normalized spacial score (nSPS) is 12.3. The van der Waals surface area contributed by atoms with Gasteiger partial charge in [-0.1, -0.05) is 146 Å². The van der Waals surface area contributed by atoms with Crippen molar-refractivity contribution in [2.24, 2.45) is 0 Å². The number of benzene rings is 9. The van der Waals surface area contributed by atoms with E-state index in [9.17, 15) is 4.11 Å². The molecular formula is C54H36N2. The predicted octanol–water partition coefficient (Wildman–Crippen LogP) is 14.5. The van der Waals surface area contributed by atoms with Crippen LogP contribution in [0.15, 0.2) is 218 Å². The fourth-order valence-corrected chi connectivity index (χ4v) is 8.36. The van der Waals surface area contributed by atoms with E-state index in [1.165, 1.54) is 0 Å². The van der Waals surface area contributed by atoms with Crippen molar-refractivity contribution >= 4 is 43.6 Å². The largest absolute Gasteiger partial charge is 0.309 e. The van der Waals surface area contributed by atoms with Gasteiger partial charge in [0.2, 0.25) is 0 Å². The molecule has 0 aliphatic rings. The summed E-state index contributed by atoms with van der Waals surface area (Å²) in [5.74, 6) is 0. The van der Waals surface area contributed by atoms with Crippen molar-refractivity contribution in [1.29, 1.82) is 0 Å². The van der Waals surface area contributed by atoms with E-state index < -0.39 is 0 Å². The van der Waals surface area contributed by atoms with Gasteiger partial charge in [0.15, 0.2) is 0 Å². The predicted molar refractivity (Wildman–Crippen MR) is 237 cm³/mol. The first-order valence-electron chi connectivity index (χ1n) is 20.5. The highest BCUT2D eigenvalue weighted by atomic mass is 15.0. The summed E-state index contributed by atoms with van der Waals surface area (Å²) in [6.45, 7) is 0. The highest BCUT2D eigenvalue weighted by Crippen LogP contribution is 2.41. The van der Waals surface area contributed by atoms with Crippen LogP contribution in [0.2, 0.25) is 0 Å². The van der Waals surface area contributed by atoms with Crippen molar-refractivity contribution in [1.82, 2.24) is 9.13 Å². The van der Waals surface area contributed by atoms with Crippen LogP contribution < -0.4 is 0 Å². The second-order valence-corrected chi connectivity index (χ2v) is 14.3. The minimum atomic E-state index is 0.0310. The molecule has 0 bridgehead atoms. The highest BCUT2D eigenvalue weighted by molar-refractivity contribution is 6.13. The van der Waals surface area contributed by atoms with Crippen molar-refractivity contribution in [3.8, 4) is 55.9 Å². The molecule has 262 valence electrons. The number of rotatable bonds is 6. The van der Waals surface area contributed by atoms with E-state index in [2.05, 4.69) is 155 Å². The first-order chi connectivity index (χ1) is 29.0. The molecule has 0 fully saturated rings. The van der Waals surface area contributed by atoms with Crippen LogP contribution in [-0.2, 0) is 0 Å². The van der Waals surface area contributed by atoms with E-state index in [0.717, 1.165) is 83.0 Å². The Bertz CT molecular complexity index is 3330. The highest BCUT2D eigenvalue weighted by Gasteiger charge is 2.18. The number of aromatic nitrogens is 2. The Labute approximate surface area is 330 Å². The van der Waals surface area contributed by atoms with Crippen LogP contribution in [0.4, 0.5) is 0 Å². The zero-order valence-electron chi connectivity index (χ0n) is 33.4. The topological polar surface area (TPSA) is 9.86 Å². The van der Waals surface area contributed by atoms with Gasteiger partial charge in [-0.15, -0.1) is 0 Å². The number of hydrogen-bond acceptors (Lipinski definition) is 0. The van der Waals surface area contributed by atoms with Crippen LogP contribution >= 0.6 is 0 Å². The SMILES string of the molecule is [2H]c1c(-c2ccc3c(c2)c2ccccc2n3-c2ccccc2)c([2H])c2c3cc(-c4ccccc4)ccc3n(-c3cc(-c4ccccc4)cc(-c4ccccc4)c3)c2c1[2H]. The molecule has 0 amide bonds. The first-order valence-corrected chi connectivity index (χ1v) is 19.0. The lowest BCUT2D eigenvalue weighted by atomic mass is 9.98. The molecule has 0 unspecified atom stereocenters. The molecular weight excluding hydrogens is 677 g/mol. The maximum absolute atomic E-state index is 10.1. The van der Waals surface area contributed by atoms with E-state index >= 15 is 0 Å². The lowest BCUT2D eigenvalue weighted by molar-refractivity contribution is 1.18. The molecule has 0 saturated heterocycles. The van der Waals surface area contributed by atoms with Gasteiger partial charge in [-0.2, -0.15) is 0 Å². The Morgan fingerprint density at radius 1 is 0.268 bits per heavy atom.